The minimum absolute atomic E-state index is 0.137. The van der Waals surface area contributed by atoms with Crippen LogP contribution >= 0.6 is 0 Å². The summed E-state index contributed by atoms with van der Waals surface area (Å²) in [4.78, 5) is 12.3. The number of para-hydroxylation sites is 1. The van der Waals surface area contributed by atoms with E-state index in [-0.39, 0.29) is 18.1 Å². The number of halogens is 1. The fourth-order valence-electron chi connectivity index (χ4n) is 2.36. The zero-order valence-electron chi connectivity index (χ0n) is 11.5. The molecular weight excluding hydrogens is 269 g/mol. The van der Waals surface area contributed by atoms with Crippen molar-refractivity contribution in [3.63, 3.8) is 0 Å². The molecule has 4 heteroatoms. The van der Waals surface area contributed by atoms with Gasteiger partial charge in [-0.15, -0.1) is 0 Å². The van der Waals surface area contributed by atoms with Gasteiger partial charge in [0.05, 0.1) is 13.7 Å². The maximum absolute atomic E-state index is 13.7. The van der Waals surface area contributed by atoms with Gasteiger partial charge in [-0.1, -0.05) is 18.2 Å². The molecule has 0 aliphatic rings. The molecule has 3 aromatic rings. The van der Waals surface area contributed by atoms with Gasteiger partial charge in [0.1, 0.15) is 0 Å². The molecule has 0 fully saturated rings. The number of ether oxygens (including phenoxy) is 1. The molecule has 0 spiro atoms. The Morgan fingerprint density at radius 2 is 2.00 bits per heavy atom. The highest BCUT2D eigenvalue weighted by Crippen LogP contribution is 2.20. The fraction of sp³-hybridized carbons (Fsp3) is 0.118. The largest absolute Gasteiger partial charge is 0.494 e. The van der Waals surface area contributed by atoms with E-state index < -0.39 is 5.82 Å². The maximum Gasteiger partial charge on any atom is 0.182 e. The van der Waals surface area contributed by atoms with Crippen molar-refractivity contribution in [2.75, 3.05) is 7.11 Å². The number of rotatable bonds is 4. The minimum Gasteiger partial charge on any atom is -0.494 e. The standard InChI is InChI=1S/C17H14FNO2/c1-21-17-7-6-13(10-14(17)18)16(20)11-19-9-8-12-4-2-3-5-15(12)19/h2-10H,11H2,1H3. The quantitative estimate of drug-likeness (QED) is 0.684. The summed E-state index contributed by atoms with van der Waals surface area (Å²) in [6, 6.07) is 14.0. The van der Waals surface area contributed by atoms with E-state index in [0.717, 1.165) is 10.9 Å². The number of fused-ring (bicyclic) bond motifs is 1. The lowest BCUT2D eigenvalue weighted by molar-refractivity contribution is 0.0973. The zero-order chi connectivity index (χ0) is 14.8. The highest BCUT2D eigenvalue weighted by Gasteiger charge is 2.11. The van der Waals surface area contributed by atoms with E-state index in [1.165, 1.54) is 19.2 Å². The second kappa shape index (κ2) is 5.40. The van der Waals surface area contributed by atoms with Crippen molar-refractivity contribution in [2.24, 2.45) is 0 Å². The van der Waals surface area contributed by atoms with Crippen molar-refractivity contribution in [3.05, 3.63) is 66.1 Å². The summed E-state index contributed by atoms with van der Waals surface area (Å²) in [6.07, 6.45) is 1.86. The lowest BCUT2D eigenvalue weighted by atomic mass is 10.1. The Morgan fingerprint density at radius 1 is 1.19 bits per heavy atom. The van der Waals surface area contributed by atoms with Crippen molar-refractivity contribution in [2.45, 2.75) is 6.54 Å². The molecule has 3 rings (SSSR count). The molecule has 0 bridgehead atoms. The fourth-order valence-corrected chi connectivity index (χ4v) is 2.36. The third-order valence-electron chi connectivity index (χ3n) is 3.47. The SMILES string of the molecule is COc1ccc(C(=O)Cn2ccc3ccccc32)cc1F. The summed E-state index contributed by atoms with van der Waals surface area (Å²) >= 11 is 0. The van der Waals surface area contributed by atoms with Crippen LogP contribution in [-0.4, -0.2) is 17.5 Å². The Kier molecular flexibility index (Phi) is 3.44. The van der Waals surface area contributed by atoms with E-state index in [9.17, 15) is 9.18 Å². The van der Waals surface area contributed by atoms with Crippen LogP contribution in [0.5, 0.6) is 5.75 Å². The third-order valence-corrected chi connectivity index (χ3v) is 3.47. The molecule has 0 aliphatic carbocycles. The van der Waals surface area contributed by atoms with Crippen molar-refractivity contribution in [1.29, 1.82) is 0 Å². The van der Waals surface area contributed by atoms with Crippen molar-refractivity contribution >= 4 is 16.7 Å². The van der Waals surface area contributed by atoms with Crippen molar-refractivity contribution in [3.8, 4) is 5.75 Å². The van der Waals surface area contributed by atoms with Crippen LogP contribution in [0.4, 0.5) is 4.39 Å². The van der Waals surface area contributed by atoms with Crippen LogP contribution in [0.1, 0.15) is 10.4 Å². The van der Waals surface area contributed by atoms with E-state index in [1.807, 2.05) is 41.1 Å². The maximum atomic E-state index is 13.7. The molecule has 0 saturated carbocycles. The Labute approximate surface area is 121 Å². The number of hydrogen-bond acceptors (Lipinski definition) is 2. The molecule has 0 radical (unpaired) electrons. The first kappa shape index (κ1) is 13.4. The van der Waals surface area contributed by atoms with E-state index in [0.29, 0.717) is 5.56 Å². The zero-order valence-corrected chi connectivity index (χ0v) is 11.5. The second-order valence-electron chi connectivity index (χ2n) is 4.77. The molecular formula is C17H14FNO2. The van der Waals surface area contributed by atoms with Gasteiger partial charge in [-0.2, -0.15) is 0 Å². The average Bonchev–Trinajstić information content (AvgIpc) is 2.90. The van der Waals surface area contributed by atoms with Crippen LogP contribution in [0.25, 0.3) is 10.9 Å². The molecule has 2 aromatic carbocycles. The number of Topliss-reactive ketones (excluding diaryl/α,β-unsaturated/α-hetero) is 1. The van der Waals surface area contributed by atoms with Gasteiger partial charge in [-0.05, 0) is 35.7 Å². The average molecular weight is 283 g/mol. The second-order valence-corrected chi connectivity index (χ2v) is 4.77. The van der Waals surface area contributed by atoms with Gasteiger partial charge in [0.2, 0.25) is 0 Å². The highest BCUT2D eigenvalue weighted by atomic mass is 19.1. The summed E-state index contributed by atoms with van der Waals surface area (Å²) in [5.41, 5.74) is 1.32. The Balaban J connectivity index is 1.88. The normalized spacial score (nSPS) is 10.8. The first-order valence-corrected chi connectivity index (χ1v) is 6.59. The molecule has 1 aromatic heterocycles. The van der Waals surface area contributed by atoms with Gasteiger partial charge in [0.15, 0.2) is 17.3 Å². The van der Waals surface area contributed by atoms with Crippen LogP contribution in [-0.2, 0) is 6.54 Å². The van der Waals surface area contributed by atoms with E-state index in [2.05, 4.69) is 0 Å². The molecule has 0 aliphatic heterocycles. The van der Waals surface area contributed by atoms with Gasteiger partial charge >= 0.3 is 0 Å². The Hall–Kier alpha value is -2.62. The molecule has 0 saturated heterocycles. The van der Waals surface area contributed by atoms with Gasteiger partial charge in [-0.3, -0.25) is 4.79 Å². The molecule has 3 nitrogen and oxygen atoms in total. The van der Waals surface area contributed by atoms with Crippen LogP contribution < -0.4 is 4.74 Å². The topological polar surface area (TPSA) is 31.2 Å². The number of carbonyl (C=O) groups is 1. The lowest BCUT2D eigenvalue weighted by Gasteiger charge is -2.07. The highest BCUT2D eigenvalue weighted by molar-refractivity contribution is 5.97. The predicted molar refractivity (Wildman–Crippen MR) is 79.2 cm³/mol. The predicted octanol–water partition coefficient (Wildman–Crippen LogP) is 3.67. The molecule has 0 N–H and O–H groups in total. The number of benzene rings is 2. The number of methoxy groups -OCH3 is 1. The Morgan fingerprint density at radius 3 is 2.76 bits per heavy atom. The summed E-state index contributed by atoms with van der Waals surface area (Å²) < 4.78 is 20.4. The first-order valence-electron chi connectivity index (χ1n) is 6.59. The number of aromatic nitrogens is 1. The van der Waals surface area contributed by atoms with Crippen LogP contribution in [0.3, 0.4) is 0 Å². The van der Waals surface area contributed by atoms with Crippen LogP contribution in [0.15, 0.2) is 54.7 Å². The first-order chi connectivity index (χ1) is 10.2. The van der Waals surface area contributed by atoms with Crippen LogP contribution in [0, 0.1) is 5.82 Å². The van der Waals surface area contributed by atoms with Gasteiger partial charge in [-0.25, -0.2) is 4.39 Å². The van der Waals surface area contributed by atoms with E-state index >= 15 is 0 Å². The third kappa shape index (κ3) is 2.52. The molecule has 0 amide bonds. The summed E-state index contributed by atoms with van der Waals surface area (Å²) in [5.74, 6) is -0.531. The summed E-state index contributed by atoms with van der Waals surface area (Å²) in [7, 11) is 1.39. The van der Waals surface area contributed by atoms with Gasteiger partial charge in [0, 0.05) is 17.3 Å². The smallest absolute Gasteiger partial charge is 0.182 e. The monoisotopic (exact) mass is 283 g/mol. The van der Waals surface area contributed by atoms with Gasteiger partial charge < -0.3 is 9.30 Å². The van der Waals surface area contributed by atoms with E-state index in [4.69, 9.17) is 4.74 Å². The van der Waals surface area contributed by atoms with Crippen LogP contribution in [0.2, 0.25) is 0 Å². The van der Waals surface area contributed by atoms with E-state index in [1.54, 1.807) is 6.07 Å². The molecule has 0 unspecified atom stereocenters. The number of carbonyl (C=O) groups excluding carboxylic acids is 1. The van der Waals surface area contributed by atoms with Gasteiger partial charge in [0.25, 0.3) is 0 Å². The lowest BCUT2D eigenvalue weighted by Crippen LogP contribution is -2.10. The number of nitrogens with zero attached hydrogens (tertiary/aromatic N) is 1. The summed E-state index contributed by atoms with van der Waals surface area (Å²) in [5, 5.41) is 1.08. The minimum atomic E-state index is -0.527. The molecule has 21 heavy (non-hydrogen) atoms. The number of hydrogen-bond donors (Lipinski definition) is 0. The number of ketones is 1. The van der Waals surface area contributed by atoms with Crippen molar-refractivity contribution in [1.82, 2.24) is 4.57 Å². The molecule has 106 valence electrons. The summed E-state index contributed by atoms with van der Waals surface area (Å²) in [6.45, 7) is 0.180. The molecule has 0 atom stereocenters. The molecule has 1 heterocycles. The Bertz CT molecular complexity index is 807. The van der Waals surface area contributed by atoms with Crippen molar-refractivity contribution < 1.29 is 13.9 Å².